The molecule has 0 aliphatic carbocycles. The van der Waals surface area contributed by atoms with Crippen molar-refractivity contribution in [3.63, 3.8) is 0 Å². The van der Waals surface area contributed by atoms with Gasteiger partial charge in [-0.1, -0.05) is 42.5 Å². The molecule has 3 aromatic rings. The van der Waals surface area contributed by atoms with Crippen LogP contribution in [0.2, 0.25) is 0 Å². The van der Waals surface area contributed by atoms with Crippen LogP contribution in [0.25, 0.3) is 0 Å². The van der Waals surface area contributed by atoms with Gasteiger partial charge in [0.2, 0.25) is 0 Å². The van der Waals surface area contributed by atoms with Crippen LogP contribution in [-0.4, -0.2) is 14.9 Å². The second-order valence-electron chi connectivity index (χ2n) is 5.76. The number of alkyl halides is 3. The molecule has 0 unspecified atom stereocenters. The van der Waals surface area contributed by atoms with Gasteiger partial charge in [0.25, 0.3) is 1.88 Å². The molecule has 0 saturated carbocycles. The molecule has 3 nitrogen and oxygen atoms in total. The predicted octanol–water partition coefficient (Wildman–Crippen LogP) is 2.26. The second-order valence-corrected chi connectivity index (χ2v) is 19.3. The summed E-state index contributed by atoms with van der Waals surface area (Å²) in [5, 5.41) is 2.78. The first kappa shape index (κ1) is 28.0. The van der Waals surface area contributed by atoms with Crippen LogP contribution in [0.4, 0.5) is 0 Å². The third-order valence-corrected chi connectivity index (χ3v) is 13.7. The normalized spacial score (nSPS) is 11.9. The summed E-state index contributed by atoms with van der Waals surface area (Å²) < 4.78 is 34.2. The van der Waals surface area contributed by atoms with Gasteiger partial charge in [0.05, 0.1) is 4.90 Å². The molecule has 0 amide bonds. The maximum absolute atomic E-state index is 11.7. The van der Waals surface area contributed by atoms with E-state index >= 15 is 0 Å². The number of hydrogen-bond acceptors (Lipinski definition) is 3. The van der Waals surface area contributed by atoms with Gasteiger partial charge in [0.15, 0.2) is 7.26 Å². The average Bonchev–Trinajstić information content (AvgIpc) is 2.63. The molecule has 0 bridgehead atoms. The van der Waals surface area contributed by atoms with Gasteiger partial charge in [0, 0.05) is 0 Å². The van der Waals surface area contributed by atoms with Crippen LogP contribution >= 0.6 is 72.0 Å². The maximum Gasteiger partial charge on any atom is 1.00 e. The number of hydrogen-bond donors (Lipinski definition) is 0. The van der Waals surface area contributed by atoms with Crippen LogP contribution in [0.5, 0.6) is 0 Å². The third-order valence-electron chi connectivity index (χ3n) is 4.16. The van der Waals surface area contributed by atoms with E-state index in [0.717, 1.165) is 15.9 Å². The van der Waals surface area contributed by atoms with Gasteiger partial charge in [-0.05, 0) is 90.3 Å². The predicted molar refractivity (Wildman–Crippen MR) is 133 cm³/mol. The van der Waals surface area contributed by atoms with E-state index < -0.39 is 19.3 Å². The molecular weight excluding hydrogens is 682 g/mol. The van der Waals surface area contributed by atoms with Crippen molar-refractivity contribution in [3.8, 4) is 0 Å². The Morgan fingerprint density at radius 3 is 1.52 bits per heavy atom. The Bertz CT molecular complexity index is 1010. The molecule has 3 rings (SSSR count). The Morgan fingerprint density at radius 2 is 1.14 bits per heavy atom. The maximum atomic E-state index is 11.7. The van der Waals surface area contributed by atoms with Crippen molar-refractivity contribution in [2.75, 3.05) is 0 Å². The summed E-state index contributed by atoms with van der Waals surface area (Å²) in [5.74, 6) is 0. The molecule has 0 fully saturated rings. The van der Waals surface area contributed by atoms with Crippen LogP contribution < -0.4 is 45.5 Å². The Kier molecular flexibility index (Phi) is 10.8. The van der Waals surface area contributed by atoms with Crippen LogP contribution in [0.3, 0.4) is 0 Å². The Morgan fingerprint density at radius 1 is 0.724 bits per heavy atom. The molecule has 0 aliphatic heterocycles. The Balaban J connectivity index is 0.00000210. The van der Waals surface area contributed by atoms with Crippen molar-refractivity contribution in [1.82, 2.24) is 0 Å². The van der Waals surface area contributed by atoms with E-state index in [1.807, 2.05) is 66.7 Å². The van der Waals surface area contributed by atoms with Crippen molar-refractivity contribution in [2.24, 2.45) is 0 Å². The van der Waals surface area contributed by atoms with Gasteiger partial charge in [-0.3, -0.25) is 0 Å². The molecule has 0 aromatic heterocycles. The molecule has 3 aromatic carbocycles. The Labute approximate surface area is 229 Å². The minimum absolute atomic E-state index is 0. The molecule has 0 saturated heterocycles. The standard InChI is InChI=1S/C19H14Br3O3PS.BrH.Na/c20-19(21,22)26(15-8-3-1-4-9-15,16-10-5-2-6-11-16)17-12-7-13-18(14-17)27(23,24)25;;/h1-14H;1H;/q;;+1. The molecule has 148 valence electrons. The first-order valence-electron chi connectivity index (χ1n) is 7.81. The van der Waals surface area contributed by atoms with Crippen LogP contribution in [0, 0.1) is 0 Å². The fourth-order valence-electron chi connectivity index (χ4n) is 3.04. The van der Waals surface area contributed by atoms with Gasteiger partial charge in [-0.25, -0.2) is 8.42 Å². The van der Waals surface area contributed by atoms with Crippen molar-refractivity contribution in [1.29, 1.82) is 0 Å². The number of halogens is 4. The molecule has 0 aliphatic rings. The summed E-state index contributed by atoms with van der Waals surface area (Å²) in [6, 6.07) is 26.0. The minimum atomic E-state index is -4.57. The zero-order valence-corrected chi connectivity index (χ0v) is 25.4. The molecular formula is C19H15Br4NaO3PS+. The third kappa shape index (κ3) is 5.84. The van der Waals surface area contributed by atoms with Crippen LogP contribution in [0.15, 0.2) is 89.8 Å². The fraction of sp³-hybridized carbons (Fsp3) is 0.0526. The number of rotatable bonds is 4. The first-order chi connectivity index (χ1) is 12.7. The molecule has 10 heteroatoms. The monoisotopic (exact) mass is 693 g/mol. The van der Waals surface area contributed by atoms with E-state index in [9.17, 15) is 13.0 Å². The quantitative estimate of drug-likeness (QED) is 0.182. The molecule has 29 heavy (non-hydrogen) atoms. The fourth-order valence-corrected chi connectivity index (χ4v) is 12.8. The van der Waals surface area contributed by atoms with Gasteiger partial charge >= 0.3 is 29.6 Å². The van der Waals surface area contributed by atoms with Crippen LogP contribution in [0.1, 0.15) is 0 Å². The summed E-state index contributed by atoms with van der Waals surface area (Å²) in [7, 11) is -7.06. The second kappa shape index (κ2) is 11.2. The minimum Gasteiger partial charge on any atom is -0.744 e. The van der Waals surface area contributed by atoms with Crippen molar-refractivity contribution < 1.29 is 42.5 Å². The van der Waals surface area contributed by atoms with E-state index in [1.165, 1.54) is 12.1 Å². The van der Waals surface area contributed by atoms with Crippen molar-refractivity contribution >= 4 is 98.1 Å². The summed E-state index contributed by atoms with van der Waals surface area (Å²) in [4.78, 5) is -0.243. The molecule has 0 atom stereocenters. The summed E-state index contributed by atoms with van der Waals surface area (Å²) >= 11 is 11.2. The summed E-state index contributed by atoms with van der Waals surface area (Å²) in [6.07, 6.45) is 0. The van der Waals surface area contributed by atoms with Gasteiger partial charge in [-0.2, -0.15) is 0 Å². The zero-order valence-electron chi connectivity index (χ0n) is 15.2. The van der Waals surface area contributed by atoms with E-state index in [4.69, 9.17) is 0 Å². The van der Waals surface area contributed by atoms with Gasteiger partial charge in [0.1, 0.15) is 26.0 Å². The first-order valence-corrected chi connectivity index (χ1v) is 13.4. The summed E-state index contributed by atoms with van der Waals surface area (Å²) in [6.45, 7) is 0. The van der Waals surface area contributed by atoms with E-state index in [0.29, 0.717) is 0 Å². The molecule has 0 N–H and O–H groups in total. The van der Waals surface area contributed by atoms with Crippen molar-refractivity contribution in [3.05, 3.63) is 84.9 Å². The SMILES string of the molecule is Br.O=S(=O)([O-])c1cccc([P+](c2ccccc2)(c2ccccc2)C(Br)(Br)Br)c1.[Na+]. The molecule has 0 spiro atoms. The van der Waals surface area contributed by atoms with Crippen molar-refractivity contribution in [2.45, 2.75) is 6.78 Å². The van der Waals surface area contributed by atoms with Crippen LogP contribution in [-0.2, 0) is 10.1 Å². The van der Waals surface area contributed by atoms with E-state index in [2.05, 4.69) is 47.8 Å². The van der Waals surface area contributed by atoms with Gasteiger partial charge < -0.3 is 4.55 Å². The topological polar surface area (TPSA) is 57.2 Å². The number of benzene rings is 3. The largest absolute Gasteiger partial charge is 1.00 e. The Hall–Kier alpha value is 0.920. The molecule has 0 radical (unpaired) electrons. The smallest absolute Gasteiger partial charge is 0.744 e. The van der Waals surface area contributed by atoms with E-state index in [1.54, 1.807) is 6.07 Å². The molecule has 0 heterocycles. The van der Waals surface area contributed by atoms with E-state index in [-0.39, 0.29) is 51.4 Å². The zero-order chi connectivity index (χ0) is 19.7. The van der Waals surface area contributed by atoms with Gasteiger partial charge in [-0.15, -0.1) is 17.0 Å². The average molecular weight is 697 g/mol. The summed E-state index contributed by atoms with van der Waals surface area (Å²) in [5.41, 5.74) is 0.